The molecule has 0 radical (unpaired) electrons. The number of ether oxygens (including phenoxy) is 1. The van der Waals surface area contributed by atoms with Crippen LogP contribution >= 0.6 is 11.8 Å². The lowest BCUT2D eigenvalue weighted by atomic mass is 10.1. The number of para-hydroxylation sites is 1. The van der Waals surface area contributed by atoms with E-state index in [4.69, 9.17) is 14.3 Å². The Hall–Kier alpha value is -2.02. The van der Waals surface area contributed by atoms with Gasteiger partial charge in [0.15, 0.2) is 0 Å². The van der Waals surface area contributed by atoms with Crippen molar-refractivity contribution in [2.24, 2.45) is 0 Å². The SMILES string of the molecule is COc1ccccc1Cc1nnc(SCC(=O)O)o1. The Morgan fingerprint density at radius 3 is 2.95 bits per heavy atom. The van der Waals surface area contributed by atoms with Gasteiger partial charge in [-0.15, -0.1) is 10.2 Å². The van der Waals surface area contributed by atoms with Crippen LogP contribution in [0.4, 0.5) is 0 Å². The second-order valence-electron chi connectivity index (χ2n) is 3.63. The summed E-state index contributed by atoms with van der Waals surface area (Å²) < 4.78 is 10.6. The normalized spacial score (nSPS) is 10.4. The summed E-state index contributed by atoms with van der Waals surface area (Å²) in [4.78, 5) is 10.4. The van der Waals surface area contributed by atoms with Crippen LogP contribution in [-0.2, 0) is 11.2 Å². The van der Waals surface area contributed by atoms with Gasteiger partial charge < -0.3 is 14.3 Å². The minimum atomic E-state index is -0.922. The predicted octanol–water partition coefficient (Wildman–Crippen LogP) is 1.85. The molecule has 0 amide bonds. The average molecular weight is 280 g/mol. The van der Waals surface area contributed by atoms with Crippen molar-refractivity contribution in [2.75, 3.05) is 12.9 Å². The van der Waals surface area contributed by atoms with E-state index in [1.54, 1.807) is 7.11 Å². The van der Waals surface area contributed by atoms with E-state index in [9.17, 15) is 4.79 Å². The third-order valence-electron chi connectivity index (χ3n) is 2.30. The average Bonchev–Trinajstić information content (AvgIpc) is 2.85. The molecule has 2 rings (SSSR count). The second kappa shape index (κ2) is 6.24. The van der Waals surface area contributed by atoms with Crippen LogP contribution in [0.1, 0.15) is 11.5 Å². The Kier molecular flexibility index (Phi) is 4.40. The van der Waals surface area contributed by atoms with Crippen LogP contribution in [-0.4, -0.2) is 34.1 Å². The van der Waals surface area contributed by atoms with Crippen LogP contribution in [0, 0.1) is 0 Å². The highest BCUT2D eigenvalue weighted by Gasteiger charge is 2.11. The summed E-state index contributed by atoms with van der Waals surface area (Å²) in [5.41, 5.74) is 0.934. The largest absolute Gasteiger partial charge is 0.496 e. The zero-order valence-electron chi connectivity index (χ0n) is 10.2. The molecule has 0 saturated carbocycles. The lowest BCUT2D eigenvalue weighted by Gasteiger charge is -2.05. The molecule has 0 atom stereocenters. The van der Waals surface area contributed by atoms with Crippen LogP contribution in [0.25, 0.3) is 0 Å². The van der Waals surface area contributed by atoms with E-state index in [-0.39, 0.29) is 11.0 Å². The standard InChI is InChI=1S/C12H12N2O4S/c1-17-9-5-3-2-4-8(9)6-10-13-14-12(18-10)19-7-11(15)16/h2-5H,6-7H2,1H3,(H,15,16). The smallest absolute Gasteiger partial charge is 0.314 e. The Balaban J connectivity index is 2.05. The fourth-order valence-corrected chi connectivity index (χ4v) is 2.00. The molecule has 0 aliphatic carbocycles. The van der Waals surface area contributed by atoms with Crippen molar-refractivity contribution in [3.8, 4) is 5.75 Å². The Morgan fingerprint density at radius 1 is 1.42 bits per heavy atom. The molecule has 1 aromatic carbocycles. The number of nitrogens with zero attached hydrogens (tertiary/aromatic N) is 2. The van der Waals surface area contributed by atoms with Crippen molar-refractivity contribution in [2.45, 2.75) is 11.6 Å². The topological polar surface area (TPSA) is 85.5 Å². The number of aromatic nitrogens is 2. The first kappa shape index (κ1) is 13.4. The van der Waals surface area contributed by atoms with Crippen LogP contribution in [0.5, 0.6) is 5.75 Å². The fraction of sp³-hybridized carbons (Fsp3) is 0.250. The fourth-order valence-electron chi connectivity index (χ4n) is 1.50. The Bertz CT molecular complexity index is 570. The molecule has 2 aromatic rings. The molecule has 7 heteroatoms. The summed E-state index contributed by atoms with van der Waals surface area (Å²) in [5.74, 6) is 0.156. The molecule has 6 nitrogen and oxygen atoms in total. The maximum absolute atomic E-state index is 10.4. The van der Waals surface area contributed by atoms with Gasteiger partial charge in [0.25, 0.3) is 5.22 Å². The molecule has 0 fully saturated rings. The van der Waals surface area contributed by atoms with E-state index in [1.807, 2.05) is 24.3 Å². The van der Waals surface area contributed by atoms with Crippen LogP contribution < -0.4 is 4.74 Å². The molecule has 0 bridgehead atoms. The number of methoxy groups -OCH3 is 1. The van der Waals surface area contributed by atoms with Crippen molar-refractivity contribution in [3.63, 3.8) is 0 Å². The molecule has 0 aliphatic rings. The van der Waals surface area contributed by atoms with E-state index < -0.39 is 5.97 Å². The zero-order chi connectivity index (χ0) is 13.7. The van der Waals surface area contributed by atoms with E-state index in [0.29, 0.717) is 12.3 Å². The number of hydrogen-bond donors (Lipinski definition) is 1. The summed E-state index contributed by atoms with van der Waals surface area (Å²) >= 11 is 0.999. The molecule has 100 valence electrons. The number of rotatable bonds is 6. The number of thioether (sulfide) groups is 1. The van der Waals surface area contributed by atoms with Gasteiger partial charge >= 0.3 is 5.97 Å². The van der Waals surface area contributed by atoms with Crippen molar-refractivity contribution >= 4 is 17.7 Å². The van der Waals surface area contributed by atoms with Gasteiger partial charge in [0, 0.05) is 5.56 Å². The molecule has 0 spiro atoms. The number of benzene rings is 1. The number of hydrogen-bond acceptors (Lipinski definition) is 6. The molecular weight excluding hydrogens is 268 g/mol. The molecule has 19 heavy (non-hydrogen) atoms. The van der Waals surface area contributed by atoms with E-state index in [2.05, 4.69) is 10.2 Å². The van der Waals surface area contributed by atoms with Gasteiger partial charge in [-0.2, -0.15) is 0 Å². The Labute approximate surface area is 113 Å². The summed E-state index contributed by atoms with van der Waals surface area (Å²) in [6.45, 7) is 0. The van der Waals surface area contributed by atoms with Crippen molar-refractivity contribution in [1.29, 1.82) is 0 Å². The zero-order valence-corrected chi connectivity index (χ0v) is 11.0. The highest BCUT2D eigenvalue weighted by atomic mass is 32.2. The third-order valence-corrected chi connectivity index (χ3v) is 3.10. The Morgan fingerprint density at radius 2 is 2.21 bits per heavy atom. The maximum atomic E-state index is 10.4. The first-order valence-corrected chi connectivity index (χ1v) is 6.46. The van der Waals surface area contributed by atoms with Gasteiger partial charge in [0.05, 0.1) is 13.5 Å². The van der Waals surface area contributed by atoms with Gasteiger partial charge in [0.1, 0.15) is 11.5 Å². The van der Waals surface area contributed by atoms with E-state index in [1.165, 1.54) is 0 Å². The number of aliphatic carboxylic acids is 1. The molecule has 0 saturated heterocycles. The summed E-state index contributed by atoms with van der Waals surface area (Å²) in [5, 5.41) is 16.5. The maximum Gasteiger partial charge on any atom is 0.314 e. The molecule has 1 aromatic heterocycles. The first-order chi connectivity index (χ1) is 9.19. The van der Waals surface area contributed by atoms with E-state index >= 15 is 0 Å². The van der Waals surface area contributed by atoms with E-state index in [0.717, 1.165) is 23.1 Å². The third kappa shape index (κ3) is 3.72. The van der Waals surface area contributed by atoms with Gasteiger partial charge in [-0.3, -0.25) is 4.79 Å². The molecule has 0 aliphatic heterocycles. The predicted molar refractivity (Wildman–Crippen MR) is 68.5 cm³/mol. The quantitative estimate of drug-likeness (QED) is 0.808. The highest BCUT2D eigenvalue weighted by molar-refractivity contribution is 7.99. The monoisotopic (exact) mass is 280 g/mol. The van der Waals surface area contributed by atoms with Gasteiger partial charge in [-0.1, -0.05) is 30.0 Å². The molecule has 1 N–H and O–H groups in total. The summed E-state index contributed by atoms with van der Waals surface area (Å²) in [7, 11) is 1.60. The van der Waals surface area contributed by atoms with Crippen molar-refractivity contribution in [3.05, 3.63) is 35.7 Å². The van der Waals surface area contributed by atoms with Gasteiger partial charge in [-0.05, 0) is 6.07 Å². The van der Waals surface area contributed by atoms with Crippen LogP contribution in [0.3, 0.4) is 0 Å². The van der Waals surface area contributed by atoms with Crippen molar-refractivity contribution < 1.29 is 19.1 Å². The van der Waals surface area contributed by atoms with Crippen LogP contribution in [0.2, 0.25) is 0 Å². The number of carbonyl (C=O) groups is 1. The molecular formula is C12H12N2O4S. The second-order valence-corrected chi connectivity index (χ2v) is 4.56. The van der Waals surface area contributed by atoms with Gasteiger partial charge in [0.2, 0.25) is 5.89 Å². The minimum Gasteiger partial charge on any atom is -0.496 e. The highest BCUT2D eigenvalue weighted by Crippen LogP contribution is 2.22. The summed E-state index contributed by atoms with van der Waals surface area (Å²) in [6, 6.07) is 7.54. The number of carboxylic acids is 1. The minimum absolute atomic E-state index is 0.101. The lowest BCUT2D eigenvalue weighted by Crippen LogP contribution is -1.97. The number of carboxylic acid groups (broad SMARTS) is 1. The molecule has 1 heterocycles. The molecule has 0 unspecified atom stereocenters. The lowest BCUT2D eigenvalue weighted by molar-refractivity contribution is -0.133. The summed E-state index contributed by atoms with van der Waals surface area (Å²) in [6.07, 6.45) is 0.449. The first-order valence-electron chi connectivity index (χ1n) is 5.48. The van der Waals surface area contributed by atoms with Gasteiger partial charge in [-0.25, -0.2) is 0 Å². The van der Waals surface area contributed by atoms with Crippen molar-refractivity contribution in [1.82, 2.24) is 10.2 Å². The van der Waals surface area contributed by atoms with Crippen LogP contribution in [0.15, 0.2) is 33.9 Å².